The Morgan fingerprint density at radius 1 is 1.03 bits per heavy atom. The molecule has 1 aliphatic rings. The van der Waals surface area contributed by atoms with Gasteiger partial charge in [-0.1, -0.05) is 24.3 Å². The summed E-state index contributed by atoms with van der Waals surface area (Å²) in [7, 11) is -3.21. The van der Waals surface area contributed by atoms with Gasteiger partial charge in [0.2, 0.25) is 10.0 Å². The highest BCUT2D eigenvalue weighted by atomic mass is 32.2. The molecule has 0 radical (unpaired) electrons. The van der Waals surface area contributed by atoms with E-state index >= 15 is 0 Å². The van der Waals surface area contributed by atoms with Gasteiger partial charge in [-0.05, 0) is 41.8 Å². The molecule has 0 unspecified atom stereocenters. The summed E-state index contributed by atoms with van der Waals surface area (Å²) in [6.45, 7) is 1.67. The Bertz CT molecular complexity index is 1080. The second-order valence-corrected chi connectivity index (χ2v) is 9.04. The van der Waals surface area contributed by atoms with Crippen molar-refractivity contribution in [2.24, 2.45) is 0 Å². The molecular weight excluding hydrogens is 388 g/mol. The van der Waals surface area contributed by atoms with Gasteiger partial charge >= 0.3 is 0 Å². The maximum Gasteiger partial charge on any atom is 0.251 e. The number of sulfonamides is 1. The van der Waals surface area contributed by atoms with Gasteiger partial charge < -0.3 is 9.88 Å². The molecule has 1 fully saturated rings. The van der Waals surface area contributed by atoms with Gasteiger partial charge in [0.05, 0.1) is 17.8 Å². The first-order chi connectivity index (χ1) is 14.0. The van der Waals surface area contributed by atoms with Crippen LogP contribution in [0.3, 0.4) is 0 Å². The van der Waals surface area contributed by atoms with Crippen molar-refractivity contribution in [3.05, 3.63) is 83.9 Å². The van der Waals surface area contributed by atoms with Gasteiger partial charge in [0.25, 0.3) is 5.91 Å². The van der Waals surface area contributed by atoms with E-state index in [0.717, 1.165) is 17.7 Å². The van der Waals surface area contributed by atoms with Crippen LogP contribution in [0.25, 0.3) is 0 Å². The molecule has 1 N–H and O–H groups in total. The van der Waals surface area contributed by atoms with Crippen LogP contribution >= 0.6 is 0 Å². The summed E-state index contributed by atoms with van der Waals surface area (Å²) in [6.07, 6.45) is 6.07. The second kappa shape index (κ2) is 8.08. The summed E-state index contributed by atoms with van der Waals surface area (Å²) in [4.78, 5) is 16.4. The van der Waals surface area contributed by atoms with Crippen LogP contribution in [0.4, 0.5) is 5.69 Å². The van der Waals surface area contributed by atoms with Crippen molar-refractivity contribution in [1.29, 1.82) is 0 Å². The molecule has 1 amide bonds. The van der Waals surface area contributed by atoms with Gasteiger partial charge in [-0.2, -0.15) is 0 Å². The largest absolute Gasteiger partial charge is 0.348 e. The second-order valence-electron chi connectivity index (χ2n) is 7.02. The number of hydrogen-bond donors (Lipinski definition) is 1. The quantitative estimate of drug-likeness (QED) is 0.676. The number of carbonyl (C=O) groups is 1. The van der Waals surface area contributed by atoms with Gasteiger partial charge in [0.15, 0.2) is 0 Å². The Morgan fingerprint density at radius 3 is 2.38 bits per heavy atom. The third-order valence-corrected chi connectivity index (χ3v) is 6.79. The van der Waals surface area contributed by atoms with Crippen LogP contribution in [-0.4, -0.2) is 36.2 Å². The summed E-state index contributed by atoms with van der Waals surface area (Å²) in [6, 6.07) is 14.7. The van der Waals surface area contributed by atoms with Crippen molar-refractivity contribution >= 4 is 21.6 Å². The molecule has 29 heavy (non-hydrogen) atoms. The van der Waals surface area contributed by atoms with Crippen LogP contribution in [0.2, 0.25) is 0 Å². The van der Waals surface area contributed by atoms with Crippen LogP contribution < -0.4 is 9.62 Å². The number of rotatable bonds is 6. The number of benzene rings is 2. The Kier molecular flexibility index (Phi) is 5.35. The van der Waals surface area contributed by atoms with E-state index < -0.39 is 10.0 Å². The summed E-state index contributed by atoms with van der Waals surface area (Å²) < 4.78 is 27.4. The van der Waals surface area contributed by atoms with E-state index in [4.69, 9.17) is 0 Å². The standard InChI is InChI=1S/C21H22N4O3S/c26-21(19-6-8-20(9-7-19)25-11-1-13-29(25,27)28)23-14-17-2-4-18(5-3-17)15-24-12-10-22-16-24/h2-10,12,16H,1,11,13-15H2,(H,23,26). The van der Waals surface area contributed by atoms with E-state index in [0.29, 0.717) is 30.8 Å². The van der Waals surface area contributed by atoms with Gasteiger partial charge in [-0.15, -0.1) is 0 Å². The molecule has 0 saturated carbocycles. The minimum absolute atomic E-state index is 0.177. The molecule has 0 aliphatic carbocycles. The highest BCUT2D eigenvalue weighted by Gasteiger charge is 2.28. The van der Waals surface area contributed by atoms with E-state index in [2.05, 4.69) is 10.3 Å². The minimum Gasteiger partial charge on any atom is -0.348 e. The first-order valence-corrected chi connectivity index (χ1v) is 11.0. The Labute approximate surface area is 170 Å². The minimum atomic E-state index is -3.21. The van der Waals surface area contributed by atoms with E-state index in [1.807, 2.05) is 35.0 Å². The number of anilines is 1. The zero-order valence-electron chi connectivity index (χ0n) is 15.9. The lowest BCUT2D eigenvalue weighted by Gasteiger charge is -2.17. The van der Waals surface area contributed by atoms with Crippen molar-refractivity contribution < 1.29 is 13.2 Å². The molecule has 1 aromatic heterocycles. The van der Waals surface area contributed by atoms with Crippen LogP contribution in [0, 0.1) is 0 Å². The fraction of sp³-hybridized carbons (Fsp3) is 0.238. The molecule has 2 aromatic carbocycles. The van der Waals surface area contributed by atoms with E-state index in [-0.39, 0.29) is 11.7 Å². The number of carbonyl (C=O) groups excluding carboxylic acids is 1. The maximum absolute atomic E-state index is 12.4. The fourth-order valence-electron chi connectivity index (χ4n) is 3.35. The molecule has 0 atom stereocenters. The molecule has 4 rings (SSSR count). The third-order valence-electron chi connectivity index (χ3n) is 4.92. The van der Waals surface area contributed by atoms with E-state index in [9.17, 15) is 13.2 Å². The van der Waals surface area contributed by atoms with Crippen LogP contribution in [0.15, 0.2) is 67.3 Å². The smallest absolute Gasteiger partial charge is 0.251 e. The highest BCUT2D eigenvalue weighted by Crippen LogP contribution is 2.24. The topological polar surface area (TPSA) is 84.3 Å². The fourth-order valence-corrected chi connectivity index (χ4v) is 4.91. The average Bonchev–Trinajstić information content (AvgIpc) is 3.36. The molecule has 150 valence electrons. The number of aromatic nitrogens is 2. The van der Waals surface area contributed by atoms with Gasteiger partial charge in [0.1, 0.15) is 0 Å². The zero-order valence-corrected chi connectivity index (χ0v) is 16.7. The monoisotopic (exact) mass is 410 g/mol. The summed E-state index contributed by atoms with van der Waals surface area (Å²) in [5.41, 5.74) is 3.27. The van der Waals surface area contributed by atoms with Gasteiger partial charge in [-0.25, -0.2) is 13.4 Å². The van der Waals surface area contributed by atoms with E-state index in [1.165, 1.54) is 4.31 Å². The van der Waals surface area contributed by atoms with Crippen molar-refractivity contribution in [3.63, 3.8) is 0 Å². The van der Waals surface area contributed by atoms with Crippen molar-refractivity contribution in [3.8, 4) is 0 Å². The molecule has 7 nitrogen and oxygen atoms in total. The summed E-state index contributed by atoms with van der Waals surface area (Å²) in [5.74, 6) is -0.0144. The van der Waals surface area contributed by atoms with Crippen molar-refractivity contribution in [2.45, 2.75) is 19.5 Å². The highest BCUT2D eigenvalue weighted by molar-refractivity contribution is 7.93. The molecule has 0 spiro atoms. The maximum atomic E-state index is 12.4. The van der Waals surface area contributed by atoms with E-state index in [1.54, 1.807) is 36.8 Å². The van der Waals surface area contributed by atoms with Crippen LogP contribution in [0.5, 0.6) is 0 Å². The SMILES string of the molecule is O=C(NCc1ccc(Cn2ccnc2)cc1)c1ccc(N2CCCS2(=O)=O)cc1. The number of hydrogen-bond acceptors (Lipinski definition) is 4. The first-order valence-electron chi connectivity index (χ1n) is 9.43. The average molecular weight is 410 g/mol. The predicted octanol–water partition coefficient (Wildman–Crippen LogP) is 2.40. The lowest BCUT2D eigenvalue weighted by Crippen LogP contribution is -2.25. The zero-order chi connectivity index (χ0) is 20.3. The Balaban J connectivity index is 1.33. The molecule has 0 bridgehead atoms. The molecule has 1 saturated heterocycles. The lowest BCUT2D eigenvalue weighted by atomic mass is 10.1. The number of imidazole rings is 1. The summed E-state index contributed by atoms with van der Waals surface area (Å²) in [5, 5.41) is 2.90. The van der Waals surface area contributed by atoms with Crippen molar-refractivity contribution in [1.82, 2.24) is 14.9 Å². The van der Waals surface area contributed by atoms with Gasteiger partial charge in [0, 0.05) is 37.6 Å². The molecular formula is C21H22N4O3S. The third kappa shape index (κ3) is 4.48. The molecule has 8 heteroatoms. The van der Waals surface area contributed by atoms with Crippen molar-refractivity contribution in [2.75, 3.05) is 16.6 Å². The van der Waals surface area contributed by atoms with Crippen LogP contribution in [-0.2, 0) is 23.1 Å². The first kappa shape index (κ1) is 19.2. The van der Waals surface area contributed by atoms with Crippen LogP contribution in [0.1, 0.15) is 27.9 Å². The number of nitrogens with one attached hydrogen (secondary N) is 1. The lowest BCUT2D eigenvalue weighted by molar-refractivity contribution is 0.0951. The molecule has 3 aromatic rings. The molecule has 2 heterocycles. The number of nitrogens with zero attached hydrogens (tertiary/aromatic N) is 3. The predicted molar refractivity (Wildman–Crippen MR) is 111 cm³/mol. The van der Waals surface area contributed by atoms with Gasteiger partial charge in [-0.3, -0.25) is 9.10 Å². The molecule has 1 aliphatic heterocycles. The Hall–Kier alpha value is -3.13. The Morgan fingerprint density at radius 2 is 1.76 bits per heavy atom. The number of amides is 1. The normalized spacial score (nSPS) is 15.4. The summed E-state index contributed by atoms with van der Waals surface area (Å²) >= 11 is 0.